The van der Waals surface area contributed by atoms with Crippen molar-refractivity contribution in [2.45, 2.75) is 20.4 Å². The van der Waals surface area contributed by atoms with Gasteiger partial charge in [-0.1, -0.05) is 18.3 Å². The van der Waals surface area contributed by atoms with Gasteiger partial charge in [-0.25, -0.2) is 0 Å². The van der Waals surface area contributed by atoms with Crippen LogP contribution in [0.25, 0.3) is 0 Å². The quantitative estimate of drug-likeness (QED) is 0.821. The third kappa shape index (κ3) is 3.23. The van der Waals surface area contributed by atoms with Crippen LogP contribution >= 0.6 is 12.2 Å². The van der Waals surface area contributed by atoms with Crippen LogP contribution in [0.5, 0.6) is 0 Å². The summed E-state index contributed by atoms with van der Waals surface area (Å²) in [6, 6.07) is 3.76. The van der Waals surface area contributed by atoms with Crippen LogP contribution in [-0.2, 0) is 11.3 Å². The molecule has 0 spiro atoms. The zero-order valence-corrected chi connectivity index (χ0v) is 11.1. The summed E-state index contributed by atoms with van der Waals surface area (Å²) in [4.78, 5) is 18.0. The molecule has 0 fully saturated rings. The fourth-order valence-electron chi connectivity index (χ4n) is 1.42. The van der Waals surface area contributed by atoms with Gasteiger partial charge in [0.15, 0.2) is 0 Å². The minimum Gasteiger partial charge on any atom is -0.392 e. The van der Waals surface area contributed by atoms with Crippen LogP contribution in [0, 0.1) is 5.41 Å². The second-order valence-corrected chi connectivity index (χ2v) is 4.95. The maximum atomic E-state index is 12.1. The Bertz CT molecular complexity index is 417. The lowest BCUT2D eigenvalue weighted by atomic mass is 9.91. The lowest BCUT2D eigenvalue weighted by Gasteiger charge is -2.28. The van der Waals surface area contributed by atoms with Crippen LogP contribution in [0.15, 0.2) is 24.5 Å². The number of thiocarbonyl (C=S) groups is 1. The first kappa shape index (κ1) is 13.6. The Hall–Kier alpha value is -1.49. The number of nitrogens with two attached hydrogens (primary N) is 1. The van der Waals surface area contributed by atoms with Crippen LogP contribution in [0.1, 0.15) is 19.4 Å². The van der Waals surface area contributed by atoms with Gasteiger partial charge in [-0.2, -0.15) is 0 Å². The maximum Gasteiger partial charge on any atom is 0.235 e. The molecule has 2 N–H and O–H groups in total. The fourth-order valence-corrected chi connectivity index (χ4v) is 1.51. The highest BCUT2D eigenvalue weighted by molar-refractivity contribution is 7.80. The molecule has 1 amide bonds. The topological polar surface area (TPSA) is 59.2 Å². The third-order valence-electron chi connectivity index (χ3n) is 2.64. The summed E-state index contributed by atoms with van der Waals surface area (Å²) < 4.78 is 0. The van der Waals surface area contributed by atoms with Crippen molar-refractivity contribution in [2.75, 3.05) is 7.05 Å². The Labute approximate surface area is 107 Å². The Morgan fingerprint density at radius 1 is 1.59 bits per heavy atom. The van der Waals surface area contributed by atoms with Gasteiger partial charge in [0.2, 0.25) is 5.91 Å². The summed E-state index contributed by atoms with van der Waals surface area (Å²) in [5.74, 6) is -0.0890. The highest BCUT2D eigenvalue weighted by atomic mass is 32.1. The van der Waals surface area contributed by atoms with Gasteiger partial charge in [0.05, 0.1) is 10.4 Å². The van der Waals surface area contributed by atoms with Gasteiger partial charge in [0, 0.05) is 26.0 Å². The van der Waals surface area contributed by atoms with Crippen LogP contribution in [0.3, 0.4) is 0 Å². The van der Waals surface area contributed by atoms with E-state index in [-0.39, 0.29) is 10.9 Å². The number of nitrogens with zero attached hydrogens (tertiary/aromatic N) is 2. The van der Waals surface area contributed by atoms with E-state index < -0.39 is 5.41 Å². The second-order valence-electron chi connectivity index (χ2n) is 4.51. The highest BCUT2D eigenvalue weighted by Gasteiger charge is 2.33. The Kier molecular flexibility index (Phi) is 4.17. The van der Waals surface area contributed by atoms with Crippen molar-refractivity contribution in [3.63, 3.8) is 0 Å². The number of carbonyl (C=O) groups excluding carboxylic acids is 1. The zero-order valence-electron chi connectivity index (χ0n) is 10.3. The Morgan fingerprint density at radius 3 is 2.71 bits per heavy atom. The van der Waals surface area contributed by atoms with Crippen molar-refractivity contribution in [2.24, 2.45) is 11.1 Å². The fraction of sp³-hybridized carbons (Fsp3) is 0.417. The molecule has 17 heavy (non-hydrogen) atoms. The first-order valence-corrected chi connectivity index (χ1v) is 5.71. The van der Waals surface area contributed by atoms with Crippen molar-refractivity contribution < 1.29 is 4.79 Å². The monoisotopic (exact) mass is 251 g/mol. The first-order chi connectivity index (χ1) is 7.85. The number of hydrogen-bond acceptors (Lipinski definition) is 3. The lowest BCUT2D eigenvalue weighted by molar-refractivity contribution is -0.136. The molecule has 0 atom stereocenters. The molecule has 1 aromatic rings. The molecule has 1 heterocycles. The van der Waals surface area contributed by atoms with E-state index in [0.29, 0.717) is 6.54 Å². The van der Waals surface area contributed by atoms with Gasteiger partial charge in [0.1, 0.15) is 0 Å². The molecule has 0 saturated heterocycles. The molecule has 0 aliphatic heterocycles. The number of hydrogen-bond donors (Lipinski definition) is 1. The molecule has 1 rings (SSSR count). The van der Waals surface area contributed by atoms with Gasteiger partial charge in [-0.3, -0.25) is 9.78 Å². The number of pyridine rings is 1. The summed E-state index contributed by atoms with van der Waals surface area (Å²) in [6.07, 6.45) is 3.43. The minimum absolute atomic E-state index is 0.0890. The van der Waals surface area contributed by atoms with Crippen LogP contribution < -0.4 is 5.73 Å². The van der Waals surface area contributed by atoms with Gasteiger partial charge < -0.3 is 10.6 Å². The van der Waals surface area contributed by atoms with E-state index in [1.165, 1.54) is 0 Å². The first-order valence-electron chi connectivity index (χ1n) is 5.30. The van der Waals surface area contributed by atoms with Gasteiger partial charge >= 0.3 is 0 Å². The largest absolute Gasteiger partial charge is 0.392 e. The molecule has 0 radical (unpaired) electrons. The molecular weight excluding hydrogens is 234 g/mol. The molecule has 0 unspecified atom stereocenters. The van der Waals surface area contributed by atoms with Crippen molar-refractivity contribution in [3.05, 3.63) is 30.1 Å². The smallest absolute Gasteiger partial charge is 0.235 e. The second kappa shape index (κ2) is 5.23. The Balaban J connectivity index is 2.75. The predicted octanol–water partition coefficient (Wildman–Crippen LogP) is 1.35. The molecular formula is C12H17N3OS. The molecule has 0 saturated carbocycles. The summed E-state index contributed by atoms with van der Waals surface area (Å²) in [5.41, 5.74) is 5.73. The van der Waals surface area contributed by atoms with Gasteiger partial charge in [-0.15, -0.1) is 0 Å². The van der Waals surface area contributed by atoms with E-state index in [9.17, 15) is 4.79 Å². The van der Waals surface area contributed by atoms with E-state index in [1.807, 2.05) is 12.1 Å². The molecule has 0 aliphatic rings. The molecule has 92 valence electrons. The van der Waals surface area contributed by atoms with Gasteiger partial charge in [0.25, 0.3) is 0 Å². The number of rotatable bonds is 4. The average molecular weight is 251 g/mol. The normalized spacial score (nSPS) is 11.0. The maximum absolute atomic E-state index is 12.1. The van der Waals surface area contributed by atoms with E-state index in [0.717, 1.165) is 5.56 Å². The molecule has 0 bridgehead atoms. The van der Waals surface area contributed by atoms with Gasteiger partial charge in [-0.05, 0) is 25.5 Å². The van der Waals surface area contributed by atoms with Crippen LogP contribution in [0.4, 0.5) is 0 Å². The van der Waals surface area contributed by atoms with Crippen molar-refractivity contribution in [1.29, 1.82) is 0 Å². The van der Waals surface area contributed by atoms with Crippen molar-refractivity contribution >= 4 is 23.1 Å². The average Bonchev–Trinajstić information content (AvgIpc) is 2.29. The van der Waals surface area contributed by atoms with E-state index in [1.54, 1.807) is 38.2 Å². The highest BCUT2D eigenvalue weighted by Crippen LogP contribution is 2.19. The summed E-state index contributed by atoms with van der Waals surface area (Å²) in [7, 11) is 1.73. The SMILES string of the molecule is CN(Cc1cccnc1)C(=O)C(C)(C)C(N)=S. The summed E-state index contributed by atoms with van der Waals surface area (Å²) >= 11 is 4.91. The van der Waals surface area contributed by atoms with E-state index in [4.69, 9.17) is 18.0 Å². The van der Waals surface area contributed by atoms with Crippen molar-refractivity contribution in [3.8, 4) is 0 Å². The zero-order chi connectivity index (χ0) is 13.1. The van der Waals surface area contributed by atoms with Crippen molar-refractivity contribution in [1.82, 2.24) is 9.88 Å². The molecule has 5 heteroatoms. The molecule has 0 aliphatic carbocycles. The lowest BCUT2D eigenvalue weighted by Crippen LogP contribution is -2.45. The molecule has 1 aromatic heterocycles. The summed E-state index contributed by atoms with van der Waals surface area (Å²) in [5, 5.41) is 0. The number of carbonyl (C=O) groups is 1. The molecule has 0 aromatic carbocycles. The van der Waals surface area contributed by atoms with Crippen LogP contribution in [0.2, 0.25) is 0 Å². The van der Waals surface area contributed by atoms with E-state index in [2.05, 4.69) is 4.98 Å². The number of amides is 1. The minimum atomic E-state index is -0.813. The standard InChI is InChI=1S/C12H17N3OS/c1-12(2,10(13)17)11(16)15(3)8-9-5-4-6-14-7-9/h4-7H,8H2,1-3H3,(H2,13,17). The van der Waals surface area contributed by atoms with Crippen LogP contribution in [-0.4, -0.2) is 27.8 Å². The molecule has 4 nitrogen and oxygen atoms in total. The Morgan fingerprint density at radius 2 is 2.24 bits per heavy atom. The third-order valence-corrected chi connectivity index (χ3v) is 3.15. The summed E-state index contributed by atoms with van der Waals surface area (Å²) in [6.45, 7) is 3.97. The van der Waals surface area contributed by atoms with E-state index >= 15 is 0 Å². The predicted molar refractivity (Wildman–Crippen MR) is 71.3 cm³/mol. The number of aromatic nitrogens is 1.